The highest BCUT2D eigenvalue weighted by molar-refractivity contribution is 5.93. The molecule has 0 aliphatic heterocycles. The van der Waals surface area contributed by atoms with E-state index < -0.39 is 0 Å². The number of anilines is 1. The van der Waals surface area contributed by atoms with Gasteiger partial charge in [0, 0.05) is 18.3 Å². The summed E-state index contributed by atoms with van der Waals surface area (Å²) in [4.78, 5) is 23.0. The Morgan fingerprint density at radius 2 is 2.05 bits per heavy atom. The molecule has 2 N–H and O–H groups in total. The highest BCUT2D eigenvalue weighted by Gasteiger charge is 2.21. The molecular formula is C17H28N4O. The third kappa shape index (κ3) is 5.13. The summed E-state index contributed by atoms with van der Waals surface area (Å²) in [5.41, 5.74) is 6.98. The van der Waals surface area contributed by atoms with Gasteiger partial charge < -0.3 is 10.6 Å². The molecule has 0 bridgehead atoms. The van der Waals surface area contributed by atoms with E-state index in [-0.39, 0.29) is 17.9 Å². The van der Waals surface area contributed by atoms with E-state index in [4.69, 9.17) is 5.73 Å². The van der Waals surface area contributed by atoms with Crippen LogP contribution in [0.25, 0.3) is 0 Å². The lowest BCUT2D eigenvalue weighted by Crippen LogP contribution is -2.39. The average Bonchev–Trinajstić information content (AvgIpc) is 2.45. The lowest BCUT2D eigenvalue weighted by Gasteiger charge is -2.27. The predicted molar refractivity (Wildman–Crippen MR) is 90.6 cm³/mol. The second kappa shape index (κ2) is 8.51. The minimum Gasteiger partial charge on any atom is -0.368 e. The topological polar surface area (TPSA) is 72.1 Å². The van der Waals surface area contributed by atoms with Gasteiger partial charge >= 0.3 is 0 Å². The summed E-state index contributed by atoms with van der Waals surface area (Å²) < 4.78 is 0. The molecule has 0 saturated carbocycles. The van der Waals surface area contributed by atoms with Gasteiger partial charge in [0.15, 0.2) is 0 Å². The summed E-state index contributed by atoms with van der Waals surface area (Å²) in [6.07, 6.45) is 5.60. The summed E-state index contributed by atoms with van der Waals surface area (Å²) in [6.45, 7) is 10.9. The zero-order valence-electron chi connectivity index (χ0n) is 14.3. The fourth-order valence-corrected chi connectivity index (χ4v) is 2.20. The summed E-state index contributed by atoms with van der Waals surface area (Å²) in [7, 11) is 0. The van der Waals surface area contributed by atoms with E-state index in [2.05, 4.69) is 30.7 Å². The summed E-state index contributed by atoms with van der Waals surface area (Å²) >= 11 is 0. The van der Waals surface area contributed by atoms with Crippen LogP contribution in [0.1, 0.15) is 57.2 Å². The molecule has 5 heteroatoms. The van der Waals surface area contributed by atoms with Crippen LogP contribution < -0.4 is 5.73 Å². The van der Waals surface area contributed by atoms with Gasteiger partial charge in [0.2, 0.25) is 5.95 Å². The number of hydrogen-bond acceptors (Lipinski definition) is 4. The number of hydrogen-bond donors (Lipinski definition) is 1. The van der Waals surface area contributed by atoms with Crippen molar-refractivity contribution in [2.24, 2.45) is 5.92 Å². The van der Waals surface area contributed by atoms with Crippen LogP contribution in [-0.4, -0.2) is 33.4 Å². The Labute approximate surface area is 133 Å². The Balaban J connectivity index is 3.09. The largest absolute Gasteiger partial charge is 0.368 e. The van der Waals surface area contributed by atoms with Crippen molar-refractivity contribution in [1.82, 2.24) is 14.9 Å². The molecule has 5 nitrogen and oxygen atoms in total. The summed E-state index contributed by atoms with van der Waals surface area (Å²) in [5.74, 6) is 0.522. The maximum atomic E-state index is 12.8. The number of nitrogen functional groups attached to an aromatic ring is 1. The van der Waals surface area contributed by atoms with Gasteiger partial charge in [0.05, 0.1) is 0 Å². The van der Waals surface area contributed by atoms with E-state index in [9.17, 15) is 4.79 Å². The zero-order chi connectivity index (χ0) is 16.7. The van der Waals surface area contributed by atoms with Crippen LogP contribution in [0.2, 0.25) is 0 Å². The maximum absolute atomic E-state index is 12.8. The van der Waals surface area contributed by atoms with E-state index in [1.807, 2.05) is 30.9 Å². The van der Waals surface area contributed by atoms with Crippen molar-refractivity contribution in [3.8, 4) is 0 Å². The second-order valence-electron chi connectivity index (χ2n) is 5.98. The fraction of sp³-hybridized carbons (Fsp3) is 0.588. The molecule has 0 aromatic carbocycles. The minimum atomic E-state index is -0.0912. The number of nitrogens with two attached hydrogens (primary N) is 1. The molecule has 1 rings (SSSR count). The molecule has 0 saturated heterocycles. The Bertz CT molecular complexity index is 525. The smallest absolute Gasteiger partial charge is 0.273 e. The molecule has 0 aliphatic carbocycles. The number of amides is 1. The molecule has 1 unspecified atom stereocenters. The molecule has 0 radical (unpaired) electrons. The monoisotopic (exact) mass is 304 g/mol. The molecule has 0 fully saturated rings. The molecule has 1 amide bonds. The first kappa shape index (κ1) is 18.1. The fourth-order valence-electron chi connectivity index (χ4n) is 2.20. The highest BCUT2D eigenvalue weighted by Crippen LogP contribution is 2.13. The minimum absolute atomic E-state index is 0.0912. The highest BCUT2D eigenvalue weighted by atomic mass is 16.2. The van der Waals surface area contributed by atoms with Crippen molar-refractivity contribution >= 4 is 11.9 Å². The van der Waals surface area contributed by atoms with Gasteiger partial charge in [-0.05, 0) is 38.7 Å². The van der Waals surface area contributed by atoms with Gasteiger partial charge in [-0.1, -0.05) is 32.9 Å². The van der Waals surface area contributed by atoms with Crippen LogP contribution in [0.5, 0.6) is 0 Å². The van der Waals surface area contributed by atoms with Crippen molar-refractivity contribution in [3.05, 3.63) is 29.6 Å². The lowest BCUT2D eigenvalue weighted by atomic mass is 10.1. The van der Waals surface area contributed by atoms with Gasteiger partial charge in [-0.15, -0.1) is 0 Å². The van der Waals surface area contributed by atoms with E-state index >= 15 is 0 Å². The molecule has 0 spiro atoms. The molecule has 0 aliphatic rings. The van der Waals surface area contributed by atoms with Crippen molar-refractivity contribution in [2.45, 2.75) is 53.5 Å². The van der Waals surface area contributed by atoms with Crippen LogP contribution in [0, 0.1) is 5.92 Å². The molecule has 1 aromatic heterocycles. The SMILES string of the molecule is CC=CCN(C(=O)c1cc(CC(C)C)nc(N)n1)C(C)CC. The molecule has 22 heavy (non-hydrogen) atoms. The number of aromatic nitrogens is 2. The van der Waals surface area contributed by atoms with Crippen molar-refractivity contribution < 1.29 is 4.79 Å². The number of carbonyl (C=O) groups is 1. The third-order valence-corrected chi connectivity index (χ3v) is 3.55. The van der Waals surface area contributed by atoms with Crippen molar-refractivity contribution in [1.29, 1.82) is 0 Å². The first-order chi connectivity index (χ1) is 10.4. The Kier molecular flexibility index (Phi) is 7.02. The van der Waals surface area contributed by atoms with E-state index in [1.165, 1.54) is 0 Å². The van der Waals surface area contributed by atoms with Crippen LogP contribution in [0.3, 0.4) is 0 Å². The van der Waals surface area contributed by atoms with Crippen molar-refractivity contribution in [3.63, 3.8) is 0 Å². The second-order valence-corrected chi connectivity index (χ2v) is 5.98. The Morgan fingerprint density at radius 1 is 1.36 bits per heavy atom. The zero-order valence-corrected chi connectivity index (χ0v) is 14.3. The van der Waals surface area contributed by atoms with Crippen LogP contribution in [0.15, 0.2) is 18.2 Å². The quantitative estimate of drug-likeness (QED) is 0.786. The maximum Gasteiger partial charge on any atom is 0.273 e. The lowest BCUT2D eigenvalue weighted by molar-refractivity contribution is 0.0706. The van der Waals surface area contributed by atoms with Gasteiger partial charge in [-0.25, -0.2) is 9.97 Å². The summed E-state index contributed by atoms with van der Waals surface area (Å²) in [5, 5.41) is 0. The Hall–Kier alpha value is -1.91. The molecule has 122 valence electrons. The molecular weight excluding hydrogens is 276 g/mol. The van der Waals surface area contributed by atoms with Gasteiger partial charge in [-0.3, -0.25) is 4.79 Å². The first-order valence-electron chi connectivity index (χ1n) is 7.94. The number of nitrogens with zero attached hydrogens (tertiary/aromatic N) is 3. The Morgan fingerprint density at radius 3 is 2.59 bits per heavy atom. The van der Waals surface area contributed by atoms with Crippen molar-refractivity contribution in [2.75, 3.05) is 12.3 Å². The van der Waals surface area contributed by atoms with Gasteiger partial charge in [-0.2, -0.15) is 0 Å². The normalized spacial score (nSPS) is 12.8. The van der Waals surface area contributed by atoms with E-state index in [0.29, 0.717) is 18.2 Å². The van der Waals surface area contributed by atoms with Crippen LogP contribution >= 0.6 is 0 Å². The molecule has 1 heterocycles. The van der Waals surface area contributed by atoms with E-state index in [0.717, 1.165) is 18.5 Å². The molecule has 1 atom stereocenters. The predicted octanol–water partition coefficient (Wildman–Crippen LogP) is 3.07. The van der Waals surface area contributed by atoms with Gasteiger partial charge in [0.25, 0.3) is 5.91 Å². The summed E-state index contributed by atoms with van der Waals surface area (Å²) in [6, 6.07) is 1.91. The first-order valence-corrected chi connectivity index (χ1v) is 7.94. The number of rotatable bonds is 7. The number of carbonyl (C=O) groups excluding carboxylic acids is 1. The van der Waals surface area contributed by atoms with Gasteiger partial charge in [0.1, 0.15) is 5.69 Å². The average molecular weight is 304 g/mol. The van der Waals surface area contributed by atoms with Crippen LogP contribution in [-0.2, 0) is 6.42 Å². The molecule has 1 aromatic rings. The third-order valence-electron chi connectivity index (χ3n) is 3.55. The van der Waals surface area contributed by atoms with Crippen LogP contribution in [0.4, 0.5) is 5.95 Å². The van der Waals surface area contributed by atoms with E-state index in [1.54, 1.807) is 6.07 Å². The standard InChI is InChI=1S/C17H28N4O/c1-6-8-9-21(13(5)7-2)16(22)15-11-14(10-12(3)4)19-17(18)20-15/h6,8,11-13H,7,9-10H2,1-5H3,(H2,18,19,20). The number of allylic oxidation sites excluding steroid dienone is 1.